The van der Waals surface area contributed by atoms with Crippen LogP contribution in [0.15, 0.2) is 24.3 Å². The van der Waals surface area contributed by atoms with Crippen molar-refractivity contribution in [3.63, 3.8) is 0 Å². The Kier molecular flexibility index (Phi) is 8.31. The predicted molar refractivity (Wildman–Crippen MR) is 94.0 cm³/mol. The molecule has 118 valence electrons. The minimum atomic E-state index is 0.387. The highest BCUT2D eigenvalue weighted by Crippen LogP contribution is 2.17. The highest BCUT2D eigenvalue weighted by molar-refractivity contribution is 7.80. The monoisotopic (exact) mass is 308 g/mol. The molecule has 21 heavy (non-hydrogen) atoms. The second-order valence-corrected chi connectivity index (χ2v) is 5.91. The van der Waals surface area contributed by atoms with Crippen LogP contribution in [-0.2, 0) is 0 Å². The van der Waals surface area contributed by atoms with Crippen molar-refractivity contribution in [3.8, 4) is 5.75 Å². The van der Waals surface area contributed by atoms with Gasteiger partial charge in [-0.05, 0) is 31.0 Å². The first-order valence-corrected chi connectivity index (χ1v) is 8.23. The summed E-state index contributed by atoms with van der Waals surface area (Å²) in [5.41, 5.74) is 6.52. The van der Waals surface area contributed by atoms with Gasteiger partial charge in [-0.15, -0.1) is 0 Å². The highest BCUT2D eigenvalue weighted by Gasteiger charge is 2.08. The zero-order valence-corrected chi connectivity index (χ0v) is 14.3. The molecule has 2 N–H and O–H groups in total. The third kappa shape index (κ3) is 6.44. The fourth-order valence-electron chi connectivity index (χ4n) is 2.21. The largest absolute Gasteiger partial charge is 0.493 e. The number of thiocarbonyl (C=S) groups is 1. The van der Waals surface area contributed by atoms with Crippen molar-refractivity contribution in [1.29, 1.82) is 0 Å². The van der Waals surface area contributed by atoms with Gasteiger partial charge >= 0.3 is 0 Å². The van der Waals surface area contributed by atoms with E-state index in [2.05, 4.69) is 25.7 Å². The summed E-state index contributed by atoms with van der Waals surface area (Å²) in [5, 5.41) is 0. The SMILES string of the molecule is CCC(C)CN(CC)CCCOc1ccccc1C(N)=S. The van der Waals surface area contributed by atoms with Gasteiger partial charge in [0.15, 0.2) is 0 Å². The lowest BCUT2D eigenvalue weighted by atomic mass is 10.1. The van der Waals surface area contributed by atoms with Crippen LogP contribution in [0.2, 0.25) is 0 Å². The zero-order valence-electron chi connectivity index (χ0n) is 13.5. The Hall–Kier alpha value is -1.13. The quantitative estimate of drug-likeness (QED) is 0.531. The van der Waals surface area contributed by atoms with E-state index in [1.165, 1.54) is 6.42 Å². The van der Waals surface area contributed by atoms with Gasteiger partial charge in [0.2, 0.25) is 0 Å². The summed E-state index contributed by atoms with van der Waals surface area (Å²) in [6.07, 6.45) is 2.24. The number of nitrogens with zero attached hydrogens (tertiary/aromatic N) is 1. The van der Waals surface area contributed by atoms with E-state index >= 15 is 0 Å². The van der Waals surface area contributed by atoms with Gasteiger partial charge in [-0.2, -0.15) is 0 Å². The Balaban J connectivity index is 2.38. The van der Waals surface area contributed by atoms with Gasteiger partial charge in [0, 0.05) is 13.1 Å². The second kappa shape index (κ2) is 9.74. The van der Waals surface area contributed by atoms with Gasteiger partial charge in [0.05, 0.1) is 12.2 Å². The van der Waals surface area contributed by atoms with Crippen molar-refractivity contribution in [2.75, 3.05) is 26.2 Å². The molecule has 1 rings (SSSR count). The number of hydrogen-bond acceptors (Lipinski definition) is 3. The molecule has 0 spiro atoms. The summed E-state index contributed by atoms with van der Waals surface area (Å²) >= 11 is 5.04. The molecule has 0 bridgehead atoms. The first kappa shape index (κ1) is 17.9. The van der Waals surface area contributed by atoms with Gasteiger partial charge < -0.3 is 15.4 Å². The van der Waals surface area contributed by atoms with Crippen LogP contribution >= 0.6 is 12.2 Å². The highest BCUT2D eigenvalue weighted by atomic mass is 32.1. The molecule has 0 fully saturated rings. The van der Waals surface area contributed by atoms with Crippen LogP contribution in [0.1, 0.15) is 39.2 Å². The Morgan fingerprint density at radius 2 is 2.05 bits per heavy atom. The van der Waals surface area contributed by atoms with Crippen LogP contribution in [0, 0.1) is 5.92 Å². The van der Waals surface area contributed by atoms with E-state index < -0.39 is 0 Å². The number of benzene rings is 1. The van der Waals surface area contributed by atoms with Gasteiger partial charge in [-0.25, -0.2) is 0 Å². The van der Waals surface area contributed by atoms with Crippen LogP contribution in [0.5, 0.6) is 5.75 Å². The van der Waals surface area contributed by atoms with Gasteiger partial charge in [0.25, 0.3) is 0 Å². The normalized spacial score (nSPS) is 12.4. The molecule has 4 heteroatoms. The molecule has 0 aliphatic heterocycles. The molecule has 0 heterocycles. The van der Waals surface area contributed by atoms with Crippen molar-refractivity contribution in [3.05, 3.63) is 29.8 Å². The maximum absolute atomic E-state index is 5.83. The third-order valence-electron chi connectivity index (χ3n) is 3.74. The van der Waals surface area contributed by atoms with Crippen molar-refractivity contribution in [1.82, 2.24) is 4.90 Å². The molecule has 1 unspecified atom stereocenters. The lowest BCUT2D eigenvalue weighted by molar-refractivity contribution is 0.217. The van der Waals surface area contributed by atoms with E-state index in [9.17, 15) is 0 Å². The van der Waals surface area contributed by atoms with E-state index in [-0.39, 0.29) is 0 Å². The first-order chi connectivity index (χ1) is 10.1. The van der Waals surface area contributed by atoms with Crippen LogP contribution in [-0.4, -0.2) is 36.1 Å². The summed E-state index contributed by atoms with van der Waals surface area (Å²) < 4.78 is 5.83. The Morgan fingerprint density at radius 3 is 2.67 bits per heavy atom. The summed E-state index contributed by atoms with van der Waals surface area (Å²) in [4.78, 5) is 2.87. The Bertz CT molecular complexity index is 437. The smallest absolute Gasteiger partial charge is 0.129 e. The van der Waals surface area contributed by atoms with E-state index in [1.54, 1.807) is 0 Å². The van der Waals surface area contributed by atoms with Crippen LogP contribution in [0.3, 0.4) is 0 Å². The molecule has 0 radical (unpaired) electrons. The second-order valence-electron chi connectivity index (χ2n) is 5.47. The van der Waals surface area contributed by atoms with Crippen molar-refractivity contribution in [2.45, 2.75) is 33.6 Å². The van der Waals surface area contributed by atoms with Crippen molar-refractivity contribution < 1.29 is 4.74 Å². The molecule has 0 saturated heterocycles. The predicted octanol–water partition coefficient (Wildman–Crippen LogP) is 3.46. The molecular formula is C17H28N2OS. The molecule has 3 nitrogen and oxygen atoms in total. The molecule has 1 aromatic carbocycles. The summed E-state index contributed by atoms with van der Waals surface area (Å²) in [6, 6.07) is 7.69. The average Bonchev–Trinajstić information content (AvgIpc) is 2.50. The number of para-hydroxylation sites is 1. The van der Waals surface area contributed by atoms with Crippen LogP contribution in [0.4, 0.5) is 0 Å². The van der Waals surface area contributed by atoms with Crippen molar-refractivity contribution in [2.24, 2.45) is 11.7 Å². The fraction of sp³-hybridized carbons (Fsp3) is 0.588. The molecule has 1 atom stereocenters. The topological polar surface area (TPSA) is 38.5 Å². The maximum atomic E-state index is 5.83. The molecule has 0 aromatic heterocycles. The molecule has 0 amide bonds. The van der Waals surface area contributed by atoms with E-state index in [4.69, 9.17) is 22.7 Å². The van der Waals surface area contributed by atoms with E-state index in [0.29, 0.717) is 11.6 Å². The minimum absolute atomic E-state index is 0.387. The molecule has 0 aliphatic carbocycles. The molecular weight excluding hydrogens is 280 g/mol. The first-order valence-electron chi connectivity index (χ1n) is 7.82. The van der Waals surface area contributed by atoms with Crippen LogP contribution in [0.25, 0.3) is 0 Å². The van der Waals surface area contributed by atoms with Gasteiger partial charge in [-0.1, -0.05) is 51.5 Å². The average molecular weight is 308 g/mol. The molecule has 0 saturated carbocycles. The lowest BCUT2D eigenvalue weighted by Crippen LogP contribution is -2.30. The van der Waals surface area contributed by atoms with E-state index in [1.807, 2.05) is 24.3 Å². The zero-order chi connectivity index (χ0) is 15.7. The maximum Gasteiger partial charge on any atom is 0.129 e. The van der Waals surface area contributed by atoms with Crippen LogP contribution < -0.4 is 10.5 Å². The lowest BCUT2D eigenvalue weighted by Gasteiger charge is -2.23. The fourth-order valence-corrected chi connectivity index (χ4v) is 2.38. The molecule has 0 aliphatic rings. The summed E-state index contributed by atoms with van der Waals surface area (Å²) in [7, 11) is 0. The number of rotatable bonds is 10. The summed E-state index contributed by atoms with van der Waals surface area (Å²) in [5.74, 6) is 1.54. The summed E-state index contributed by atoms with van der Waals surface area (Å²) in [6.45, 7) is 10.8. The third-order valence-corrected chi connectivity index (χ3v) is 3.96. The van der Waals surface area contributed by atoms with Crippen molar-refractivity contribution >= 4 is 17.2 Å². The number of hydrogen-bond donors (Lipinski definition) is 1. The van der Waals surface area contributed by atoms with E-state index in [0.717, 1.165) is 43.3 Å². The Morgan fingerprint density at radius 1 is 1.33 bits per heavy atom. The standard InChI is InChI=1S/C17H28N2OS/c1-4-14(3)13-19(5-2)11-8-12-20-16-10-7-6-9-15(16)17(18)21/h6-7,9-10,14H,4-5,8,11-13H2,1-3H3,(H2,18,21). The molecule has 1 aromatic rings. The Labute approximate surface area is 134 Å². The van der Waals surface area contributed by atoms with Gasteiger partial charge in [0.1, 0.15) is 10.7 Å². The number of nitrogens with two attached hydrogens (primary N) is 1. The van der Waals surface area contributed by atoms with Gasteiger partial charge in [-0.3, -0.25) is 0 Å². The number of ether oxygens (including phenoxy) is 1. The minimum Gasteiger partial charge on any atom is -0.493 e.